The van der Waals surface area contributed by atoms with Crippen molar-refractivity contribution in [2.45, 2.75) is 38.5 Å². The van der Waals surface area contributed by atoms with Crippen LogP contribution in [0.3, 0.4) is 0 Å². The Morgan fingerprint density at radius 3 is 1.21 bits per heavy atom. The van der Waals surface area contributed by atoms with Gasteiger partial charge in [0.15, 0.2) is 5.76 Å². The van der Waals surface area contributed by atoms with Crippen molar-refractivity contribution in [3.05, 3.63) is 314 Å². The van der Waals surface area contributed by atoms with E-state index in [1.165, 1.54) is 78.0 Å². The van der Waals surface area contributed by atoms with Gasteiger partial charge in [-0.3, -0.25) is 24.0 Å². The lowest BCUT2D eigenvalue weighted by Crippen LogP contribution is -2.14. The van der Waals surface area contributed by atoms with Crippen LogP contribution in [0.2, 0.25) is 5.02 Å². The lowest BCUT2D eigenvalue weighted by Gasteiger charge is -2.06. The Balaban J connectivity index is 0.000000125. The lowest BCUT2D eigenvalue weighted by molar-refractivity contribution is 0.0861. The van der Waals surface area contributed by atoms with E-state index in [1.807, 2.05) is 119 Å². The fourth-order valence-electron chi connectivity index (χ4n) is 9.48. The van der Waals surface area contributed by atoms with Gasteiger partial charge in [-0.15, -0.1) is 11.3 Å². The topological polar surface area (TPSA) is 253 Å². The summed E-state index contributed by atoms with van der Waals surface area (Å²) < 4.78 is 37.7. The average molecular weight is 1380 g/mol. The first-order chi connectivity index (χ1) is 48.5. The largest absolute Gasteiger partial charge is 0.465 e. The minimum Gasteiger partial charge on any atom is -0.465 e. The van der Waals surface area contributed by atoms with Gasteiger partial charge in [-0.05, 0) is 223 Å². The van der Waals surface area contributed by atoms with Crippen LogP contribution in [0.25, 0.3) is 60.8 Å². The molecule has 15 rings (SSSR count). The Labute approximate surface area is 579 Å². The lowest BCUT2D eigenvalue weighted by atomic mass is 10.0. The third-order valence-corrected chi connectivity index (χ3v) is 16.2. The molecule has 0 atom stereocenters. The fraction of sp³-hybridized carbons (Fsp3) is 0.0933. The number of carbonyl (C=O) groups is 5. The van der Waals surface area contributed by atoms with Gasteiger partial charge in [-0.2, -0.15) is 36.8 Å². The molecule has 14 aromatic rings. The van der Waals surface area contributed by atoms with Crippen molar-refractivity contribution in [3.63, 3.8) is 0 Å². The number of benzene rings is 1. The smallest absolute Gasteiger partial charge is 0.313 e. The Kier molecular flexibility index (Phi) is 24.0. The monoisotopic (exact) mass is 1380 g/mol. The summed E-state index contributed by atoms with van der Waals surface area (Å²) in [6.45, 7) is 0. The van der Waals surface area contributed by atoms with Gasteiger partial charge in [-0.1, -0.05) is 42.6 Å². The van der Waals surface area contributed by atoms with Gasteiger partial charge in [0.25, 0.3) is 17.7 Å². The molecule has 21 nitrogen and oxygen atoms in total. The Bertz CT molecular complexity index is 4600. The van der Waals surface area contributed by atoms with Gasteiger partial charge in [0.05, 0.1) is 82.9 Å². The highest BCUT2D eigenvalue weighted by Gasteiger charge is 2.20. The fourth-order valence-corrected chi connectivity index (χ4v) is 10.9. The van der Waals surface area contributed by atoms with Crippen molar-refractivity contribution in [3.8, 4) is 0 Å². The predicted molar refractivity (Wildman–Crippen MR) is 379 cm³/mol. The molecule has 1 fully saturated rings. The van der Waals surface area contributed by atoms with Crippen LogP contribution in [0, 0.1) is 5.92 Å². The van der Waals surface area contributed by atoms with Gasteiger partial charge in [0.2, 0.25) is 5.91 Å². The summed E-state index contributed by atoms with van der Waals surface area (Å²) in [5, 5.41) is 27.3. The van der Waals surface area contributed by atoms with Crippen molar-refractivity contribution in [2.75, 3.05) is 0 Å². The highest BCUT2D eigenvalue weighted by Crippen LogP contribution is 2.28. The third kappa shape index (κ3) is 20.6. The van der Waals surface area contributed by atoms with Crippen LogP contribution < -0.4 is 0 Å². The first-order valence-electron chi connectivity index (χ1n) is 30.9. The maximum Gasteiger partial charge on any atom is 0.313 e. The van der Waals surface area contributed by atoms with E-state index in [0.29, 0.717) is 50.6 Å². The number of hydrogen-bond acceptors (Lipinski definition) is 18. The summed E-state index contributed by atoms with van der Waals surface area (Å²) in [7, 11) is 0. The second kappa shape index (κ2) is 34.9. The first kappa shape index (κ1) is 68.1. The molecule has 1 saturated carbocycles. The number of nitrogens with zero attached hydrogens (tertiary/aromatic N) is 10. The zero-order valence-corrected chi connectivity index (χ0v) is 55.1. The molecule has 13 heterocycles. The minimum absolute atomic E-state index is 0.0922. The molecule has 24 heteroatoms. The summed E-state index contributed by atoms with van der Waals surface area (Å²) in [5.41, 5.74) is 5.09. The van der Waals surface area contributed by atoms with Gasteiger partial charge in [-0.25, -0.2) is 23.4 Å². The molecule has 0 amide bonds. The Morgan fingerprint density at radius 2 is 0.818 bits per heavy atom. The van der Waals surface area contributed by atoms with Crippen LogP contribution in [0.4, 0.5) is 0 Å². The number of thiophene rings is 2. The van der Waals surface area contributed by atoms with E-state index < -0.39 is 0 Å². The maximum absolute atomic E-state index is 12.2. The Hall–Kier alpha value is -12.3. The zero-order valence-electron chi connectivity index (χ0n) is 52.7. The van der Waals surface area contributed by atoms with Crippen LogP contribution in [0.5, 0.6) is 0 Å². The van der Waals surface area contributed by atoms with E-state index >= 15 is 0 Å². The van der Waals surface area contributed by atoms with Crippen molar-refractivity contribution >= 4 is 125 Å². The number of furan rings is 6. The van der Waals surface area contributed by atoms with E-state index in [2.05, 4.69) is 25.5 Å². The Morgan fingerprint density at radius 1 is 0.414 bits per heavy atom. The van der Waals surface area contributed by atoms with Gasteiger partial charge in [0.1, 0.15) is 28.8 Å². The summed E-state index contributed by atoms with van der Waals surface area (Å²) >= 11 is 8.72. The molecule has 1 aliphatic carbocycles. The van der Waals surface area contributed by atoms with Gasteiger partial charge in [0, 0.05) is 47.8 Å². The highest BCUT2D eigenvalue weighted by atomic mass is 35.5. The number of halogens is 1. The highest BCUT2D eigenvalue weighted by molar-refractivity contribution is 7.12. The molecule has 99 heavy (non-hydrogen) atoms. The molecule has 0 unspecified atom stereocenters. The SMILES string of the molecule is O=C(CC1CCCC1)n1ccc(/C=C/c2ccco2)n1.O=C(Cc1ccc(Cl)cc1)n1ccc(/C=C/c2ccco2)n1.O=C(c1ccco1)n1ccc(/C=C/c2ccco2)n1.O=C(c1cccs1)n1ccc(/C=C/c2ccco2)n1.O=C(c1ccsc1)n1ccc(/C=C/c2ccco2)n1. The second-order valence-corrected chi connectivity index (χ2v) is 23.7. The second-order valence-electron chi connectivity index (χ2n) is 21.5. The van der Waals surface area contributed by atoms with Crippen molar-refractivity contribution in [2.24, 2.45) is 5.92 Å². The van der Waals surface area contributed by atoms with Gasteiger partial charge < -0.3 is 26.5 Å². The van der Waals surface area contributed by atoms with Crippen LogP contribution in [0.15, 0.2) is 257 Å². The normalized spacial score (nSPS) is 12.2. The predicted octanol–water partition coefficient (Wildman–Crippen LogP) is 17.8. The molecule has 496 valence electrons. The standard InChI is InChI=1S/C17H13ClN2O2.C16H18N2O2.C14H10N2O3.2C14H10N2O2S/c18-14-5-3-13(4-6-14)12-17(21)20-10-9-15(19-20)7-8-16-2-1-11-22-16;19-16(12-13-4-1-2-5-13)18-10-9-14(17-18)7-8-15-6-3-11-20-15;2*17-14(13-4-2-10-19-13)16-8-7-11(15-16)5-6-12-3-1-9-18-12;17-14(11-6-9-19-10-11)16-7-5-12(15-16)3-4-13-2-1-8-18-13/h1-11H,12H2;3,6-11,13H,1-2,4-5,12H2;3*1-10H/b2*8-7+;2*6-5+;4-3+. The summed E-state index contributed by atoms with van der Waals surface area (Å²) in [5.74, 6) is 3.99. The van der Waals surface area contributed by atoms with Crippen LogP contribution in [-0.4, -0.2) is 78.4 Å². The molecule has 1 aliphatic rings. The third-order valence-electron chi connectivity index (χ3n) is 14.4. The molecular weight excluding hydrogens is 1320 g/mol. The van der Waals surface area contributed by atoms with Crippen LogP contribution >= 0.6 is 34.3 Å². The summed E-state index contributed by atoms with van der Waals surface area (Å²) in [6.07, 6.45) is 41.6. The maximum atomic E-state index is 12.2. The first-order valence-corrected chi connectivity index (χ1v) is 33.1. The minimum atomic E-state index is -0.303. The number of rotatable bonds is 17. The van der Waals surface area contributed by atoms with Crippen LogP contribution in [0.1, 0.15) is 135 Å². The van der Waals surface area contributed by atoms with Crippen molar-refractivity contribution < 1.29 is 50.5 Å². The van der Waals surface area contributed by atoms with Gasteiger partial charge >= 0.3 is 5.91 Å². The van der Waals surface area contributed by atoms with E-state index in [1.54, 1.807) is 165 Å². The molecule has 0 spiro atoms. The molecule has 13 aromatic heterocycles. The van der Waals surface area contributed by atoms with E-state index in [0.717, 1.165) is 40.1 Å². The summed E-state index contributed by atoms with van der Waals surface area (Å²) in [4.78, 5) is 60.9. The molecule has 0 saturated heterocycles. The number of aromatic nitrogens is 10. The molecule has 0 N–H and O–H groups in total. The van der Waals surface area contributed by atoms with E-state index in [4.69, 9.17) is 38.1 Å². The average Bonchev–Trinajstić information content (AvgIpc) is 1.79. The van der Waals surface area contributed by atoms with Crippen molar-refractivity contribution in [1.29, 1.82) is 0 Å². The molecule has 1 aromatic carbocycles. The van der Waals surface area contributed by atoms with Crippen LogP contribution in [-0.2, 0) is 6.42 Å². The summed E-state index contributed by atoms with van der Waals surface area (Å²) in [6, 6.07) is 43.1. The zero-order chi connectivity index (χ0) is 68.4. The quantitative estimate of drug-likeness (QED) is 0.0821. The number of hydrogen-bond donors (Lipinski definition) is 0. The molecular formula is C75H61ClN10O11S2. The molecule has 0 bridgehead atoms. The van der Waals surface area contributed by atoms with E-state index in [-0.39, 0.29) is 41.7 Å². The van der Waals surface area contributed by atoms with E-state index in [9.17, 15) is 24.0 Å². The molecule has 0 aliphatic heterocycles. The number of carbonyl (C=O) groups excluding carboxylic acids is 5. The van der Waals surface area contributed by atoms with Crippen molar-refractivity contribution in [1.82, 2.24) is 48.9 Å². The molecule has 0 radical (unpaired) electrons.